The summed E-state index contributed by atoms with van der Waals surface area (Å²) in [5, 5.41) is 2.57. The zero-order chi connectivity index (χ0) is 25.0. The summed E-state index contributed by atoms with van der Waals surface area (Å²) in [5.74, 6) is 0.422. The van der Waals surface area contributed by atoms with Crippen LogP contribution in [0.25, 0.3) is 0 Å². The van der Waals surface area contributed by atoms with Gasteiger partial charge < -0.3 is 15.0 Å². The van der Waals surface area contributed by atoms with Crippen molar-refractivity contribution in [3.63, 3.8) is 0 Å². The molecular formula is C26H27N3O5S. The van der Waals surface area contributed by atoms with Crippen molar-refractivity contribution in [2.45, 2.75) is 30.7 Å². The second kappa shape index (κ2) is 10.2. The molecule has 0 unspecified atom stereocenters. The van der Waals surface area contributed by atoms with E-state index in [4.69, 9.17) is 4.74 Å². The van der Waals surface area contributed by atoms with Gasteiger partial charge in [0, 0.05) is 25.6 Å². The highest BCUT2D eigenvalue weighted by Gasteiger charge is 2.28. The van der Waals surface area contributed by atoms with Crippen LogP contribution in [0.15, 0.2) is 77.7 Å². The fourth-order valence-electron chi connectivity index (χ4n) is 4.02. The summed E-state index contributed by atoms with van der Waals surface area (Å²) >= 11 is 0. The van der Waals surface area contributed by atoms with Crippen molar-refractivity contribution in [1.82, 2.24) is 10.0 Å². The number of amides is 3. The summed E-state index contributed by atoms with van der Waals surface area (Å²) < 4.78 is 33.1. The number of hydrogen-bond donors (Lipinski definition) is 2. The summed E-state index contributed by atoms with van der Waals surface area (Å²) in [4.78, 5) is 27.7. The number of nitrogens with zero attached hydrogens (tertiary/aromatic N) is 1. The Balaban J connectivity index is 1.55. The van der Waals surface area contributed by atoms with Gasteiger partial charge in [0.1, 0.15) is 11.8 Å². The van der Waals surface area contributed by atoms with Crippen LogP contribution >= 0.6 is 0 Å². The molecule has 1 heterocycles. The molecule has 1 aliphatic heterocycles. The van der Waals surface area contributed by atoms with Gasteiger partial charge >= 0.3 is 6.03 Å². The topological polar surface area (TPSA) is 105 Å². The quantitative estimate of drug-likeness (QED) is 0.526. The lowest BCUT2D eigenvalue weighted by molar-refractivity contribution is -0.120. The minimum Gasteiger partial charge on any atom is -0.493 e. The van der Waals surface area contributed by atoms with E-state index in [-0.39, 0.29) is 17.2 Å². The van der Waals surface area contributed by atoms with Crippen LogP contribution in [0.1, 0.15) is 16.7 Å². The number of rotatable bonds is 7. The molecule has 2 N–H and O–H groups in total. The third-order valence-corrected chi connectivity index (χ3v) is 7.38. The molecule has 0 bridgehead atoms. The molecule has 0 aromatic heterocycles. The number of sulfonamides is 1. The van der Waals surface area contributed by atoms with Gasteiger partial charge in [-0.2, -0.15) is 0 Å². The van der Waals surface area contributed by atoms with Gasteiger partial charge in [0.25, 0.3) is 10.0 Å². The predicted octanol–water partition coefficient (Wildman–Crippen LogP) is 3.19. The van der Waals surface area contributed by atoms with Gasteiger partial charge in [-0.1, -0.05) is 48.5 Å². The van der Waals surface area contributed by atoms with E-state index < -0.39 is 22.1 Å². The molecule has 0 fully saturated rings. The Hall–Kier alpha value is -3.85. The first-order valence-electron chi connectivity index (χ1n) is 11.2. The van der Waals surface area contributed by atoms with Crippen molar-refractivity contribution in [2.24, 2.45) is 0 Å². The molecule has 8 nitrogen and oxygen atoms in total. The van der Waals surface area contributed by atoms with E-state index in [1.54, 1.807) is 38.2 Å². The van der Waals surface area contributed by atoms with Crippen molar-refractivity contribution in [1.29, 1.82) is 0 Å². The van der Waals surface area contributed by atoms with E-state index in [1.165, 1.54) is 11.0 Å². The van der Waals surface area contributed by atoms with Gasteiger partial charge in [0.15, 0.2) is 0 Å². The third-order valence-electron chi connectivity index (χ3n) is 5.89. The average Bonchev–Trinajstić information content (AvgIpc) is 3.31. The summed E-state index contributed by atoms with van der Waals surface area (Å²) in [5.41, 5.74) is 3.00. The highest BCUT2D eigenvalue weighted by molar-refractivity contribution is 7.90. The number of aryl methyl sites for hydroxylation is 1. The van der Waals surface area contributed by atoms with Crippen LogP contribution in [-0.4, -0.2) is 40.1 Å². The smallest absolute Gasteiger partial charge is 0.329 e. The maximum atomic E-state index is 13.5. The number of ether oxygens (including phenoxy) is 1. The SMILES string of the molecule is Cc1ccccc1S(=O)(=O)NC(=O)N[C@@H](Cc1ccccc1)C(=O)N(C)c1ccc2c(c1)CCO2. The molecule has 0 aliphatic carbocycles. The Kier molecular flexibility index (Phi) is 7.07. The molecular weight excluding hydrogens is 466 g/mol. The maximum absolute atomic E-state index is 13.5. The highest BCUT2D eigenvalue weighted by atomic mass is 32.2. The Morgan fingerprint density at radius 2 is 1.74 bits per heavy atom. The van der Waals surface area contributed by atoms with Gasteiger partial charge in [-0.3, -0.25) is 4.79 Å². The normalized spacial score (nSPS) is 13.3. The minimum atomic E-state index is -4.11. The van der Waals surface area contributed by atoms with E-state index in [1.807, 2.05) is 47.2 Å². The van der Waals surface area contributed by atoms with Crippen LogP contribution in [0.5, 0.6) is 5.75 Å². The molecule has 1 atom stereocenters. The van der Waals surface area contributed by atoms with Gasteiger partial charge in [0.05, 0.1) is 11.5 Å². The number of carbonyl (C=O) groups excluding carboxylic acids is 2. The van der Waals surface area contributed by atoms with E-state index in [2.05, 4.69) is 5.32 Å². The number of hydrogen-bond acceptors (Lipinski definition) is 5. The van der Waals surface area contributed by atoms with Crippen molar-refractivity contribution < 1.29 is 22.7 Å². The van der Waals surface area contributed by atoms with E-state index in [0.717, 1.165) is 23.3 Å². The Morgan fingerprint density at radius 1 is 1.03 bits per heavy atom. The molecule has 4 rings (SSSR count). The van der Waals surface area contributed by atoms with Gasteiger partial charge in [-0.15, -0.1) is 0 Å². The van der Waals surface area contributed by atoms with Gasteiger partial charge in [0.2, 0.25) is 5.91 Å². The first-order chi connectivity index (χ1) is 16.7. The second-order valence-electron chi connectivity index (χ2n) is 8.37. The second-order valence-corrected chi connectivity index (χ2v) is 10.0. The van der Waals surface area contributed by atoms with Crippen LogP contribution in [-0.2, 0) is 27.7 Å². The Bertz CT molecular complexity index is 1340. The van der Waals surface area contributed by atoms with Crippen molar-refractivity contribution >= 4 is 27.6 Å². The van der Waals surface area contributed by atoms with E-state index >= 15 is 0 Å². The number of carbonyl (C=O) groups is 2. The molecule has 9 heteroatoms. The standard InChI is InChI=1S/C26H27N3O5S/c1-18-8-6-7-11-24(18)35(32,33)28-26(31)27-22(16-19-9-4-3-5-10-19)25(30)29(2)21-12-13-23-20(17-21)14-15-34-23/h3-13,17,22H,14-16H2,1-2H3,(H2,27,28,31)/t22-/m0/s1. The fraction of sp³-hybridized carbons (Fsp3) is 0.231. The van der Waals surface area contributed by atoms with Crippen molar-refractivity contribution in [3.8, 4) is 5.75 Å². The van der Waals surface area contributed by atoms with Crippen LogP contribution in [0.4, 0.5) is 10.5 Å². The number of nitrogens with one attached hydrogen (secondary N) is 2. The van der Waals surface area contributed by atoms with Crippen LogP contribution in [0.3, 0.4) is 0 Å². The maximum Gasteiger partial charge on any atom is 0.329 e. The van der Waals surface area contributed by atoms with E-state index in [9.17, 15) is 18.0 Å². The molecule has 3 amide bonds. The van der Waals surface area contributed by atoms with Gasteiger partial charge in [-0.25, -0.2) is 17.9 Å². The summed E-state index contributed by atoms with van der Waals surface area (Å²) in [6.45, 7) is 2.25. The lowest BCUT2D eigenvalue weighted by atomic mass is 10.0. The molecule has 3 aromatic rings. The first-order valence-corrected chi connectivity index (χ1v) is 12.7. The van der Waals surface area contributed by atoms with Crippen molar-refractivity contribution in [3.05, 3.63) is 89.5 Å². The molecule has 3 aromatic carbocycles. The predicted molar refractivity (Wildman–Crippen MR) is 133 cm³/mol. The highest BCUT2D eigenvalue weighted by Crippen LogP contribution is 2.29. The number of benzene rings is 3. The lowest BCUT2D eigenvalue weighted by Gasteiger charge is -2.25. The summed E-state index contributed by atoms with van der Waals surface area (Å²) in [7, 11) is -2.49. The molecule has 0 saturated carbocycles. The molecule has 0 radical (unpaired) electrons. The molecule has 1 aliphatic rings. The Morgan fingerprint density at radius 3 is 2.49 bits per heavy atom. The first kappa shape index (κ1) is 24.3. The molecule has 0 saturated heterocycles. The van der Waals surface area contributed by atoms with Crippen LogP contribution < -0.4 is 19.7 Å². The molecule has 182 valence electrons. The monoisotopic (exact) mass is 493 g/mol. The zero-order valence-electron chi connectivity index (χ0n) is 19.5. The fourth-order valence-corrected chi connectivity index (χ4v) is 5.18. The Labute approximate surface area is 205 Å². The zero-order valence-corrected chi connectivity index (χ0v) is 20.3. The van der Waals surface area contributed by atoms with Crippen LogP contribution in [0.2, 0.25) is 0 Å². The number of urea groups is 1. The average molecular weight is 494 g/mol. The largest absolute Gasteiger partial charge is 0.493 e. The molecule has 35 heavy (non-hydrogen) atoms. The van der Waals surface area contributed by atoms with E-state index in [0.29, 0.717) is 17.9 Å². The summed E-state index contributed by atoms with van der Waals surface area (Å²) in [6.07, 6.45) is 0.950. The minimum absolute atomic E-state index is 0.00133. The number of likely N-dealkylation sites (N-methyl/N-ethyl adjacent to an activating group) is 1. The van der Waals surface area contributed by atoms with Crippen LogP contribution in [0, 0.1) is 6.92 Å². The number of anilines is 1. The third kappa shape index (κ3) is 5.63. The number of fused-ring (bicyclic) bond motifs is 1. The van der Waals surface area contributed by atoms with Gasteiger partial charge in [-0.05, 0) is 47.9 Å². The summed E-state index contributed by atoms with van der Waals surface area (Å²) in [6, 6.07) is 19.1. The lowest BCUT2D eigenvalue weighted by Crippen LogP contribution is -2.52. The van der Waals surface area contributed by atoms with Crippen molar-refractivity contribution in [2.75, 3.05) is 18.6 Å². The molecule has 0 spiro atoms.